The molecule has 5 nitrogen and oxygen atoms in total. The molecule has 88 valence electrons. The Morgan fingerprint density at radius 1 is 1.41 bits per heavy atom. The second-order valence-electron chi connectivity index (χ2n) is 3.25. The van der Waals surface area contributed by atoms with E-state index in [2.05, 4.69) is 20.3 Å². The van der Waals surface area contributed by atoms with E-state index in [-0.39, 0.29) is 16.1 Å². The molecule has 0 bridgehead atoms. The maximum Gasteiger partial charge on any atom is 0.253 e. The first-order chi connectivity index (χ1) is 8.16. The van der Waals surface area contributed by atoms with Crippen molar-refractivity contribution >= 4 is 29.1 Å². The fourth-order valence-electron chi connectivity index (χ4n) is 1.24. The Morgan fingerprint density at radius 3 is 2.94 bits per heavy atom. The zero-order valence-corrected chi connectivity index (χ0v) is 10.1. The van der Waals surface area contributed by atoms with E-state index in [0.29, 0.717) is 12.1 Å². The van der Waals surface area contributed by atoms with E-state index in [9.17, 15) is 4.79 Å². The molecule has 2 heterocycles. The molecule has 0 aromatic carbocycles. The van der Waals surface area contributed by atoms with Crippen LogP contribution in [-0.4, -0.2) is 20.9 Å². The molecule has 0 aliphatic carbocycles. The van der Waals surface area contributed by atoms with Crippen LogP contribution < -0.4 is 5.32 Å². The number of nitrogens with one attached hydrogen (secondary N) is 2. The van der Waals surface area contributed by atoms with Crippen molar-refractivity contribution in [3.05, 3.63) is 46.2 Å². The number of hydrogen-bond donors (Lipinski definition) is 2. The molecular formula is C10H8Cl2N4O. The summed E-state index contributed by atoms with van der Waals surface area (Å²) >= 11 is 11.5. The monoisotopic (exact) mass is 270 g/mol. The van der Waals surface area contributed by atoms with Gasteiger partial charge in [-0.25, -0.2) is 9.97 Å². The van der Waals surface area contributed by atoms with Gasteiger partial charge in [0, 0.05) is 12.4 Å². The van der Waals surface area contributed by atoms with E-state index >= 15 is 0 Å². The van der Waals surface area contributed by atoms with Crippen LogP contribution in [0.5, 0.6) is 0 Å². The van der Waals surface area contributed by atoms with Crippen molar-refractivity contribution in [2.75, 3.05) is 0 Å². The minimum absolute atomic E-state index is 0.223. The summed E-state index contributed by atoms with van der Waals surface area (Å²) < 4.78 is 0. The van der Waals surface area contributed by atoms with Gasteiger partial charge in [-0.05, 0) is 6.07 Å². The summed E-state index contributed by atoms with van der Waals surface area (Å²) in [5.41, 5.74) is 1.10. The van der Waals surface area contributed by atoms with Crippen molar-refractivity contribution in [1.29, 1.82) is 0 Å². The highest BCUT2D eigenvalue weighted by molar-refractivity contribution is 6.35. The zero-order chi connectivity index (χ0) is 12.3. The number of imidazole rings is 1. The summed E-state index contributed by atoms with van der Waals surface area (Å²) in [4.78, 5) is 22.3. The van der Waals surface area contributed by atoms with E-state index in [1.165, 1.54) is 18.6 Å². The van der Waals surface area contributed by atoms with Crippen molar-refractivity contribution in [3.63, 3.8) is 0 Å². The minimum Gasteiger partial charge on any atom is -0.347 e. The number of amides is 1. The second kappa shape index (κ2) is 5.16. The summed E-state index contributed by atoms with van der Waals surface area (Å²) in [6, 6.07) is 1.42. The van der Waals surface area contributed by atoms with Gasteiger partial charge >= 0.3 is 0 Å². The Balaban J connectivity index is 2.07. The van der Waals surface area contributed by atoms with Crippen LogP contribution in [-0.2, 0) is 6.54 Å². The first kappa shape index (κ1) is 11.9. The number of rotatable bonds is 3. The zero-order valence-electron chi connectivity index (χ0n) is 8.58. The van der Waals surface area contributed by atoms with Crippen molar-refractivity contribution in [1.82, 2.24) is 20.3 Å². The lowest BCUT2D eigenvalue weighted by Crippen LogP contribution is -2.23. The Morgan fingerprint density at radius 2 is 2.24 bits per heavy atom. The van der Waals surface area contributed by atoms with Gasteiger partial charge in [0.05, 0.1) is 29.2 Å². The van der Waals surface area contributed by atoms with Crippen molar-refractivity contribution in [2.24, 2.45) is 0 Å². The summed E-state index contributed by atoms with van der Waals surface area (Å²) in [7, 11) is 0. The van der Waals surface area contributed by atoms with Gasteiger partial charge in [0.25, 0.3) is 5.91 Å². The Hall–Kier alpha value is -1.59. The van der Waals surface area contributed by atoms with Gasteiger partial charge in [-0.3, -0.25) is 4.79 Å². The second-order valence-corrected chi connectivity index (χ2v) is 4.04. The standard InChI is InChI=1S/C10H8Cl2N4O/c11-8-4-14-9(12)1-7(8)10(17)15-3-6-2-13-5-16-6/h1-2,4-5H,3H2,(H,13,16)(H,15,17). The van der Waals surface area contributed by atoms with Crippen LogP contribution in [0.15, 0.2) is 24.8 Å². The fourth-order valence-corrected chi connectivity index (χ4v) is 1.59. The third-order valence-electron chi connectivity index (χ3n) is 2.06. The summed E-state index contributed by atoms with van der Waals surface area (Å²) in [6.45, 7) is 0.342. The molecule has 1 amide bonds. The molecule has 0 atom stereocenters. The first-order valence-electron chi connectivity index (χ1n) is 4.73. The smallest absolute Gasteiger partial charge is 0.253 e. The summed E-state index contributed by atoms with van der Waals surface area (Å²) in [6.07, 6.45) is 4.51. The molecule has 0 aliphatic rings. The molecule has 0 aliphatic heterocycles. The van der Waals surface area contributed by atoms with Gasteiger partial charge in [-0.1, -0.05) is 23.2 Å². The van der Waals surface area contributed by atoms with Crippen LogP contribution in [0.2, 0.25) is 10.2 Å². The molecule has 0 saturated carbocycles. The normalized spacial score (nSPS) is 10.2. The number of carbonyl (C=O) groups excluding carboxylic acids is 1. The molecular weight excluding hydrogens is 263 g/mol. The number of hydrogen-bond acceptors (Lipinski definition) is 3. The minimum atomic E-state index is -0.311. The van der Waals surface area contributed by atoms with Gasteiger partial charge in [0.1, 0.15) is 5.15 Å². The maximum atomic E-state index is 11.8. The molecule has 0 unspecified atom stereocenters. The number of pyridine rings is 1. The highest BCUT2D eigenvalue weighted by Gasteiger charge is 2.11. The Bertz CT molecular complexity index is 527. The molecule has 0 spiro atoms. The number of H-pyrrole nitrogens is 1. The van der Waals surface area contributed by atoms with E-state index in [1.807, 2.05) is 0 Å². The number of carbonyl (C=O) groups is 1. The van der Waals surface area contributed by atoms with Gasteiger partial charge < -0.3 is 10.3 Å². The Labute approximate surface area is 107 Å². The lowest BCUT2D eigenvalue weighted by atomic mass is 10.2. The Kier molecular flexibility index (Phi) is 3.61. The van der Waals surface area contributed by atoms with Crippen molar-refractivity contribution < 1.29 is 4.79 Å². The lowest BCUT2D eigenvalue weighted by Gasteiger charge is -2.05. The molecule has 2 N–H and O–H groups in total. The van der Waals surface area contributed by atoms with Crippen molar-refractivity contribution in [2.45, 2.75) is 6.54 Å². The van der Waals surface area contributed by atoms with E-state index < -0.39 is 0 Å². The van der Waals surface area contributed by atoms with Crippen LogP contribution >= 0.6 is 23.2 Å². The largest absolute Gasteiger partial charge is 0.347 e. The van der Waals surface area contributed by atoms with Crippen LogP contribution in [0.3, 0.4) is 0 Å². The number of aromatic nitrogens is 3. The molecule has 0 saturated heterocycles. The molecule has 7 heteroatoms. The molecule has 2 aromatic rings. The molecule has 0 fully saturated rings. The fraction of sp³-hybridized carbons (Fsp3) is 0.100. The van der Waals surface area contributed by atoms with Crippen molar-refractivity contribution in [3.8, 4) is 0 Å². The summed E-state index contributed by atoms with van der Waals surface area (Å²) in [5, 5.41) is 3.17. The SMILES string of the molecule is O=C(NCc1cnc[nH]1)c1cc(Cl)ncc1Cl. The lowest BCUT2D eigenvalue weighted by molar-refractivity contribution is 0.0950. The van der Waals surface area contributed by atoms with Gasteiger partial charge in [-0.15, -0.1) is 0 Å². The number of nitrogens with zero attached hydrogens (tertiary/aromatic N) is 2. The average Bonchev–Trinajstić information content (AvgIpc) is 2.82. The predicted molar refractivity (Wildman–Crippen MR) is 64.0 cm³/mol. The molecule has 2 rings (SSSR count). The number of halogens is 2. The van der Waals surface area contributed by atoms with Gasteiger partial charge in [0.15, 0.2) is 0 Å². The highest BCUT2D eigenvalue weighted by Crippen LogP contribution is 2.17. The molecule has 2 aromatic heterocycles. The van der Waals surface area contributed by atoms with Crippen LogP contribution in [0, 0.1) is 0 Å². The predicted octanol–water partition coefficient (Wildman–Crippen LogP) is 2.04. The third-order valence-corrected chi connectivity index (χ3v) is 2.57. The van der Waals surface area contributed by atoms with E-state index in [0.717, 1.165) is 5.69 Å². The van der Waals surface area contributed by atoms with Gasteiger partial charge in [0.2, 0.25) is 0 Å². The van der Waals surface area contributed by atoms with Crippen LogP contribution in [0.4, 0.5) is 0 Å². The van der Waals surface area contributed by atoms with E-state index in [1.54, 1.807) is 6.20 Å². The topological polar surface area (TPSA) is 70.7 Å². The first-order valence-corrected chi connectivity index (χ1v) is 5.49. The average molecular weight is 271 g/mol. The molecule has 0 radical (unpaired) electrons. The van der Waals surface area contributed by atoms with Crippen LogP contribution in [0.1, 0.15) is 16.1 Å². The molecule has 17 heavy (non-hydrogen) atoms. The summed E-state index contributed by atoms with van der Waals surface area (Å²) in [5.74, 6) is -0.311. The van der Waals surface area contributed by atoms with Crippen LogP contribution in [0.25, 0.3) is 0 Å². The maximum absolute atomic E-state index is 11.8. The van der Waals surface area contributed by atoms with E-state index in [4.69, 9.17) is 23.2 Å². The number of aromatic amines is 1. The third kappa shape index (κ3) is 2.95. The quantitative estimate of drug-likeness (QED) is 0.839. The highest BCUT2D eigenvalue weighted by atomic mass is 35.5. The van der Waals surface area contributed by atoms with Gasteiger partial charge in [-0.2, -0.15) is 0 Å².